The summed E-state index contributed by atoms with van der Waals surface area (Å²) in [5.41, 5.74) is 3.21. The van der Waals surface area contributed by atoms with Crippen molar-refractivity contribution in [2.75, 3.05) is 0 Å². The third kappa shape index (κ3) is 2.18. The monoisotopic (exact) mass is 289 g/mol. The van der Waals surface area contributed by atoms with Gasteiger partial charge in [0.15, 0.2) is 5.82 Å². The van der Waals surface area contributed by atoms with Gasteiger partial charge in [-0.05, 0) is 25.5 Å². The number of imidazole rings is 1. The summed E-state index contributed by atoms with van der Waals surface area (Å²) in [6.45, 7) is 4.56. The molecule has 2 heterocycles. The summed E-state index contributed by atoms with van der Waals surface area (Å²) < 4.78 is 3.79. The summed E-state index contributed by atoms with van der Waals surface area (Å²) in [6.07, 6.45) is 1.70. The molecule has 3 rings (SSSR count). The van der Waals surface area contributed by atoms with Gasteiger partial charge in [0.2, 0.25) is 0 Å². The summed E-state index contributed by atoms with van der Waals surface area (Å²) in [5, 5.41) is 4.17. The van der Waals surface area contributed by atoms with Crippen LogP contribution in [0.3, 0.4) is 0 Å². The molecule has 1 unspecified atom stereocenters. The summed E-state index contributed by atoms with van der Waals surface area (Å²) in [7, 11) is 1.86. The minimum atomic E-state index is -0.162. The minimum absolute atomic E-state index is 0.162. The molecule has 6 heteroatoms. The highest BCUT2D eigenvalue weighted by Crippen LogP contribution is 2.26. The van der Waals surface area contributed by atoms with E-state index in [2.05, 4.69) is 38.7 Å². The van der Waals surface area contributed by atoms with Crippen molar-refractivity contribution in [3.63, 3.8) is 0 Å². The number of nitrogens with zero attached hydrogens (tertiary/aromatic N) is 5. The number of hydrogen-bond acceptors (Lipinski definition) is 3. The number of benzene rings is 1. The first-order chi connectivity index (χ1) is 9.56. The first kappa shape index (κ1) is 13.1. The fraction of sp³-hybridized carbons (Fsp3) is 0.357. The van der Waals surface area contributed by atoms with Crippen LogP contribution in [0.1, 0.15) is 29.5 Å². The van der Waals surface area contributed by atoms with Gasteiger partial charge in [-0.1, -0.05) is 12.1 Å². The molecule has 3 aromatic rings. The molecule has 0 radical (unpaired) electrons. The second-order valence-electron chi connectivity index (χ2n) is 4.95. The normalized spacial score (nSPS) is 13.0. The number of aryl methyl sites for hydroxylation is 2. The number of hydrogen-bond donors (Lipinski definition) is 0. The molecule has 0 amide bonds. The summed E-state index contributed by atoms with van der Waals surface area (Å²) in [5.74, 6) is 1.61. The molecule has 2 aromatic heterocycles. The van der Waals surface area contributed by atoms with Crippen molar-refractivity contribution in [1.29, 1.82) is 0 Å². The first-order valence-corrected chi connectivity index (χ1v) is 6.94. The second-order valence-corrected chi connectivity index (χ2v) is 5.60. The standard InChI is InChI=1S/C14H16ClN5/c1-9-5-4-6-11-13(9)17-14(10(2)15)20(11)7-12-16-8-19(3)18-12/h4-6,8,10H,7H2,1-3H3. The molecule has 0 aliphatic carbocycles. The minimum Gasteiger partial charge on any atom is -0.319 e. The Morgan fingerprint density at radius 2 is 2.15 bits per heavy atom. The quantitative estimate of drug-likeness (QED) is 0.697. The fourth-order valence-corrected chi connectivity index (χ4v) is 2.54. The number of alkyl halides is 1. The molecule has 0 fully saturated rings. The van der Waals surface area contributed by atoms with Crippen molar-refractivity contribution in [2.24, 2.45) is 7.05 Å². The van der Waals surface area contributed by atoms with Crippen molar-refractivity contribution in [2.45, 2.75) is 25.8 Å². The summed E-state index contributed by atoms with van der Waals surface area (Å²) >= 11 is 6.27. The van der Waals surface area contributed by atoms with Crippen molar-refractivity contribution in [3.8, 4) is 0 Å². The van der Waals surface area contributed by atoms with Crippen molar-refractivity contribution in [3.05, 3.63) is 41.7 Å². The lowest BCUT2D eigenvalue weighted by molar-refractivity contribution is 0.684. The molecule has 1 aromatic carbocycles. The second kappa shape index (κ2) is 4.90. The van der Waals surface area contributed by atoms with Crippen LogP contribution >= 0.6 is 11.6 Å². The van der Waals surface area contributed by atoms with Crippen LogP contribution in [0.15, 0.2) is 24.5 Å². The highest BCUT2D eigenvalue weighted by molar-refractivity contribution is 6.20. The molecular formula is C14H16ClN5. The molecule has 1 atom stereocenters. The average Bonchev–Trinajstić information content (AvgIpc) is 2.96. The molecule has 0 saturated heterocycles. The molecule has 0 aliphatic heterocycles. The lowest BCUT2D eigenvalue weighted by atomic mass is 10.2. The Kier molecular flexibility index (Phi) is 3.22. The van der Waals surface area contributed by atoms with Crippen molar-refractivity contribution < 1.29 is 0 Å². The Morgan fingerprint density at radius 3 is 2.80 bits per heavy atom. The number of rotatable bonds is 3. The van der Waals surface area contributed by atoms with Gasteiger partial charge in [-0.15, -0.1) is 11.6 Å². The van der Waals surface area contributed by atoms with Crippen LogP contribution in [0.2, 0.25) is 0 Å². The predicted octanol–water partition coefficient (Wildman–Crippen LogP) is 2.82. The Labute approximate surface area is 122 Å². The summed E-state index contributed by atoms with van der Waals surface area (Å²) in [4.78, 5) is 8.96. The Morgan fingerprint density at radius 1 is 1.35 bits per heavy atom. The van der Waals surface area contributed by atoms with Crippen LogP contribution in [0.5, 0.6) is 0 Å². The third-order valence-corrected chi connectivity index (χ3v) is 3.51. The van der Waals surface area contributed by atoms with Gasteiger partial charge in [-0.3, -0.25) is 4.68 Å². The lowest BCUT2D eigenvalue weighted by Gasteiger charge is -2.08. The molecule has 0 N–H and O–H groups in total. The molecule has 0 spiro atoms. The Bertz CT molecular complexity index is 756. The van der Waals surface area contributed by atoms with E-state index >= 15 is 0 Å². The van der Waals surface area contributed by atoms with E-state index in [9.17, 15) is 0 Å². The first-order valence-electron chi connectivity index (χ1n) is 6.50. The van der Waals surface area contributed by atoms with Gasteiger partial charge in [0, 0.05) is 7.05 Å². The van der Waals surface area contributed by atoms with Crippen LogP contribution in [-0.2, 0) is 13.6 Å². The van der Waals surface area contributed by atoms with Gasteiger partial charge in [-0.2, -0.15) is 5.10 Å². The zero-order valence-corrected chi connectivity index (χ0v) is 12.5. The van der Waals surface area contributed by atoms with Gasteiger partial charge in [-0.25, -0.2) is 9.97 Å². The topological polar surface area (TPSA) is 48.5 Å². The van der Waals surface area contributed by atoms with E-state index in [1.54, 1.807) is 11.0 Å². The van der Waals surface area contributed by atoms with Crippen LogP contribution in [0.4, 0.5) is 0 Å². The number of para-hydroxylation sites is 1. The van der Waals surface area contributed by atoms with E-state index in [0.29, 0.717) is 6.54 Å². The fourth-order valence-electron chi connectivity index (χ4n) is 2.37. The lowest BCUT2D eigenvalue weighted by Crippen LogP contribution is -2.07. The molecule has 5 nitrogen and oxygen atoms in total. The molecule has 20 heavy (non-hydrogen) atoms. The van der Waals surface area contributed by atoms with E-state index in [-0.39, 0.29) is 5.38 Å². The number of aromatic nitrogens is 5. The van der Waals surface area contributed by atoms with Gasteiger partial charge >= 0.3 is 0 Å². The smallest absolute Gasteiger partial charge is 0.170 e. The predicted molar refractivity (Wildman–Crippen MR) is 78.8 cm³/mol. The number of halogens is 1. The maximum absolute atomic E-state index is 6.27. The highest BCUT2D eigenvalue weighted by atomic mass is 35.5. The average molecular weight is 290 g/mol. The van der Waals surface area contributed by atoms with Crippen LogP contribution in [0.25, 0.3) is 11.0 Å². The number of fused-ring (bicyclic) bond motifs is 1. The molecule has 104 valence electrons. The van der Waals surface area contributed by atoms with Crippen molar-refractivity contribution >= 4 is 22.6 Å². The molecule has 0 bridgehead atoms. The van der Waals surface area contributed by atoms with Gasteiger partial charge in [0.05, 0.1) is 23.0 Å². The zero-order valence-electron chi connectivity index (χ0n) is 11.7. The van der Waals surface area contributed by atoms with Crippen LogP contribution in [-0.4, -0.2) is 24.3 Å². The van der Waals surface area contributed by atoms with Crippen LogP contribution in [0, 0.1) is 6.92 Å². The van der Waals surface area contributed by atoms with Crippen molar-refractivity contribution in [1.82, 2.24) is 24.3 Å². The molecular weight excluding hydrogens is 274 g/mol. The van der Waals surface area contributed by atoms with Gasteiger partial charge in [0.1, 0.15) is 12.2 Å². The van der Waals surface area contributed by atoms with Crippen LogP contribution < -0.4 is 0 Å². The van der Waals surface area contributed by atoms with Gasteiger partial charge < -0.3 is 4.57 Å². The maximum atomic E-state index is 6.27. The maximum Gasteiger partial charge on any atom is 0.170 e. The Hall–Kier alpha value is -1.88. The molecule has 0 aliphatic rings. The van der Waals surface area contributed by atoms with E-state index < -0.39 is 0 Å². The van der Waals surface area contributed by atoms with Gasteiger partial charge in [0.25, 0.3) is 0 Å². The summed E-state index contributed by atoms with van der Waals surface area (Å²) in [6, 6.07) is 6.15. The van der Waals surface area contributed by atoms with E-state index in [1.165, 1.54) is 0 Å². The van der Waals surface area contributed by atoms with E-state index in [1.807, 2.05) is 20.0 Å². The SMILES string of the molecule is Cc1cccc2c1nc(C(C)Cl)n2Cc1ncn(C)n1. The molecule has 0 saturated carbocycles. The third-order valence-electron chi connectivity index (χ3n) is 3.31. The van der Waals surface area contributed by atoms with E-state index in [0.717, 1.165) is 28.2 Å². The largest absolute Gasteiger partial charge is 0.319 e. The Balaban J connectivity index is 2.16. The zero-order chi connectivity index (χ0) is 14.3. The highest BCUT2D eigenvalue weighted by Gasteiger charge is 2.17. The van der Waals surface area contributed by atoms with E-state index in [4.69, 9.17) is 11.6 Å².